The number of non-ortho nitro benzene ring substituents is 1. The van der Waals surface area contributed by atoms with E-state index < -0.39 is 4.92 Å². The zero-order chi connectivity index (χ0) is 15.5. The van der Waals surface area contributed by atoms with Crippen LogP contribution in [0.25, 0.3) is 0 Å². The Morgan fingerprint density at radius 3 is 2.62 bits per heavy atom. The summed E-state index contributed by atoms with van der Waals surface area (Å²) in [5.41, 5.74) is 0.524. The third-order valence-corrected chi connectivity index (χ3v) is 3.78. The van der Waals surface area contributed by atoms with Gasteiger partial charge in [0.05, 0.1) is 4.92 Å². The quantitative estimate of drug-likeness (QED) is 0.587. The summed E-state index contributed by atoms with van der Waals surface area (Å²) in [5, 5.41) is 19.5. The van der Waals surface area contributed by atoms with E-state index in [0.29, 0.717) is 5.69 Å². The van der Waals surface area contributed by atoms with E-state index in [-0.39, 0.29) is 23.2 Å². The lowest BCUT2D eigenvalue weighted by Gasteiger charge is -2.39. The van der Waals surface area contributed by atoms with Crippen LogP contribution >= 0.6 is 0 Å². The Hall–Kier alpha value is -2.15. The first-order valence-corrected chi connectivity index (χ1v) is 6.91. The maximum absolute atomic E-state index is 12.0. The van der Waals surface area contributed by atoms with Crippen molar-refractivity contribution in [2.24, 2.45) is 5.41 Å². The first-order chi connectivity index (χ1) is 9.88. The summed E-state index contributed by atoms with van der Waals surface area (Å²) in [6.45, 7) is 5.95. The topological polar surface area (TPSA) is 96.3 Å². The number of rotatable bonds is 3. The SMILES string of the molecule is CC1(C)CNCCC1NC(=O)Nc1ccc([N+](=O)[O-])cc1. The molecule has 1 atom stereocenters. The van der Waals surface area contributed by atoms with Crippen LogP contribution in [0.3, 0.4) is 0 Å². The maximum Gasteiger partial charge on any atom is 0.319 e. The number of nitrogens with one attached hydrogen (secondary N) is 3. The molecule has 1 aromatic rings. The Morgan fingerprint density at radius 2 is 2.05 bits per heavy atom. The Bertz CT molecular complexity index is 528. The number of nitrogens with zero attached hydrogens (tertiary/aromatic N) is 1. The van der Waals surface area contributed by atoms with E-state index in [4.69, 9.17) is 0 Å². The highest BCUT2D eigenvalue weighted by Crippen LogP contribution is 2.25. The number of benzene rings is 1. The minimum absolute atomic E-state index is 0.000413. The molecule has 0 aromatic heterocycles. The van der Waals surface area contributed by atoms with Crippen molar-refractivity contribution in [3.05, 3.63) is 34.4 Å². The molecule has 1 saturated heterocycles. The summed E-state index contributed by atoms with van der Waals surface area (Å²) < 4.78 is 0. The number of anilines is 1. The third kappa shape index (κ3) is 3.91. The summed E-state index contributed by atoms with van der Waals surface area (Å²) in [4.78, 5) is 22.1. The zero-order valence-corrected chi connectivity index (χ0v) is 12.2. The molecule has 7 nitrogen and oxygen atoms in total. The predicted molar refractivity (Wildman–Crippen MR) is 80.3 cm³/mol. The molecule has 0 saturated carbocycles. The largest absolute Gasteiger partial charge is 0.335 e. The van der Waals surface area contributed by atoms with Crippen molar-refractivity contribution in [2.75, 3.05) is 18.4 Å². The number of nitro benzene ring substituents is 1. The second-order valence-corrected chi connectivity index (χ2v) is 5.91. The Morgan fingerprint density at radius 1 is 1.38 bits per heavy atom. The van der Waals surface area contributed by atoms with Crippen molar-refractivity contribution in [3.63, 3.8) is 0 Å². The second-order valence-electron chi connectivity index (χ2n) is 5.91. The van der Waals surface area contributed by atoms with Crippen LogP contribution in [0.4, 0.5) is 16.2 Å². The van der Waals surface area contributed by atoms with Gasteiger partial charge in [-0.05, 0) is 30.5 Å². The first-order valence-electron chi connectivity index (χ1n) is 6.91. The average molecular weight is 292 g/mol. The van der Waals surface area contributed by atoms with Gasteiger partial charge in [-0.1, -0.05) is 13.8 Å². The van der Waals surface area contributed by atoms with E-state index in [2.05, 4.69) is 29.8 Å². The van der Waals surface area contributed by atoms with Crippen molar-refractivity contribution >= 4 is 17.4 Å². The maximum atomic E-state index is 12.0. The standard InChI is InChI=1S/C14H20N4O3/c1-14(2)9-15-8-7-12(14)17-13(19)16-10-3-5-11(6-4-10)18(20)21/h3-6,12,15H,7-9H2,1-2H3,(H2,16,17,19). The van der Waals surface area contributed by atoms with Gasteiger partial charge in [0.1, 0.15) is 0 Å². The number of hydrogen-bond donors (Lipinski definition) is 3. The Balaban J connectivity index is 1.93. The van der Waals surface area contributed by atoms with Crippen molar-refractivity contribution in [2.45, 2.75) is 26.3 Å². The fourth-order valence-corrected chi connectivity index (χ4v) is 2.43. The highest BCUT2D eigenvalue weighted by atomic mass is 16.6. The minimum atomic E-state index is -0.471. The fraction of sp³-hybridized carbons (Fsp3) is 0.500. The van der Waals surface area contributed by atoms with E-state index in [0.717, 1.165) is 19.5 Å². The second kappa shape index (κ2) is 6.09. The van der Waals surface area contributed by atoms with Gasteiger partial charge in [-0.15, -0.1) is 0 Å². The van der Waals surface area contributed by atoms with E-state index >= 15 is 0 Å². The molecular weight excluding hydrogens is 272 g/mol. The van der Waals surface area contributed by atoms with Gasteiger partial charge in [-0.3, -0.25) is 10.1 Å². The molecule has 2 amide bonds. The summed E-state index contributed by atoms with van der Waals surface area (Å²) >= 11 is 0. The lowest BCUT2D eigenvalue weighted by Crippen LogP contribution is -2.55. The Labute approximate surface area is 123 Å². The number of nitro groups is 1. The molecule has 114 valence electrons. The van der Waals surface area contributed by atoms with Crippen molar-refractivity contribution in [1.82, 2.24) is 10.6 Å². The zero-order valence-electron chi connectivity index (χ0n) is 12.2. The summed E-state index contributed by atoms with van der Waals surface area (Å²) in [6, 6.07) is 5.57. The molecule has 0 bridgehead atoms. The monoisotopic (exact) mass is 292 g/mol. The van der Waals surface area contributed by atoms with Crippen LogP contribution in [-0.2, 0) is 0 Å². The molecule has 1 fully saturated rings. The molecule has 1 unspecified atom stereocenters. The molecule has 1 aliphatic rings. The van der Waals surface area contributed by atoms with Crippen LogP contribution in [0.5, 0.6) is 0 Å². The third-order valence-electron chi connectivity index (χ3n) is 3.78. The lowest BCUT2D eigenvalue weighted by molar-refractivity contribution is -0.384. The number of urea groups is 1. The molecular formula is C14H20N4O3. The van der Waals surface area contributed by atoms with Crippen LogP contribution in [-0.4, -0.2) is 30.1 Å². The molecule has 1 aliphatic heterocycles. The summed E-state index contributed by atoms with van der Waals surface area (Å²) in [6.07, 6.45) is 0.876. The van der Waals surface area contributed by atoms with E-state index in [1.54, 1.807) is 0 Å². The van der Waals surface area contributed by atoms with Gasteiger partial charge in [-0.2, -0.15) is 0 Å². The van der Waals surface area contributed by atoms with Crippen LogP contribution in [0.15, 0.2) is 24.3 Å². The number of carbonyl (C=O) groups is 1. The van der Waals surface area contributed by atoms with Crippen LogP contribution < -0.4 is 16.0 Å². The average Bonchev–Trinajstić information content (AvgIpc) is 2.41. The molecule has 2 rings (SSSR count). The van der Waals surface area contributed by atoms with Crippen molar-refractivity contribution in [3.8, 4) is 0 Å². The van der Waals surface area contributed by atoms with Crippen molar-refractivity contribution in [1.29, 1.82) is 0 Å². The van der Waals surface area contributed by atoms with Gasteiger partial charge >= 0.3 is 6.03 Å². The predicted octanol–water partition coefficient (Wildman–Crippen LogP) is 2.10. The highest BCUT2D eigenvalue weighted by Gasteiger charge is 2.33. The number of amides is 2. The highest BCUT2D eigenvalue weighted by molar-refractivity contribution is 5.89. The minimum Gasteiger partial charge on any atom is -0.335 e. The smallest absolute Gasteiger partial charge is 0.319 e. The summed E-state index contributed by atoms with van der Waals surface area (Å²) in [7, 11) is 0. The molecule has 0 aliphatic carbocycles. The van der Waals surface area contributed by atoms with E-state index in [1.165, 1.54) is 24.3 Å². The van der Waals surface area contributed by atoms with Gasteiger partial charge in [-0.25, -0.2) is 4.79 Å². The van der Waals surface area contributed by atoms with Gasteiger partial charge in [0.15, 0.2) is 0 Å². The normalized spacial score (nSPS) is 20.6. The number of piperidine rings is 1. The van der Waals surface area contributed by atoms with Crippen LogP contribution in [0, 0.1) is 15.5 Å². The molecule has 1 heterocycles. The van der Waals surface area contributed by atoms with Crippen molar-refractivity contribution < 1.29 is 9.72 Å². The van der Waals surface area contributed by atoms with Crippen LogP contribution in [0.1, 0.15) is 20.3 Å². The van der Waals surface area contributed by atoms with Gasteiger partial charge in [0.2, 0.25) is 0 Å². The number of hydrogen-bond acceptors (Lipinski definition) is 4. The van der Waals surface area contributed by atoms with Gasteiger partial charge < -0.3 is 16.0 Å². The molecule has 1 aromatic carbocycles. The molecule has 3 N–H and O–H groups in total. The molecule has 21 heavy (non-hydrogen) atoms. The first kappa shape index (κ1) is 15.2. The van der Waals surface area contributed by atoms with E-state index in [1.807, 2.05) is 0 Å². The van der Waals surface area contributed by atoms with E-state index in [9.17, 15) is 14.9 Å². The lowest BCUT2D eigenvalue weighted by atomic mass is 9.80. The van der Waals surface area contributed by atoms with Crippen LogP contribution in [0.2, 0.25) is 0 Å². The number of carbonyl (C=O) groups excluding carboxylic acids is 1. The molecule has 7 heteroatoms. The molecule has 0 spiro atoms. The van der Waals surface area contributed by atoms with Gasteiger partial charge in [0, 0.05) is 30.4 Å². The Kier molecular flexibility index (Phi) is 4.42. The van der Waals surface area contributed by atoms with Gasteiger partial charge in [0.25, 0.3) is 5.69 Å². The summed E-state index contributed by atoms with van der Waals surface area (Å²) in [5.74, 6) is 0. The fourth-order valence-electron chi connectivity index (χ4n) is 2.43. The molecule has 0 radical (unpaired) electrons.